The quantitative estimate of drug-likeness (QED) is 0.134. The van der Waals surface area contributed by atoms with E-state index in [9.17, 15) is 19.2 Å². The highest BCUT2D eigenvalue weighted by molar-refractivity contribution is 5.68. The SMILES string of the molecule is O=C(NCc1cccc(CNC(=O)OCCCOC(=O)NCc2ccccc2)c1)OCCCNC(=O)OCc1ccccc1. The Labute approximate surface area is 256 Å². The van der Waals surface area contributed by atoms with Crippen LogP contribution in [0.2, 0.25) is 0 Å². The molecule has 0 unspecified atom stereocenters. The maximum absolute atomic E-state index is 12.0. The average Bonchev–Trinajstić information content (AvgIpc) is 3.05. The molecule has 0 saturated carbocycles. The number of nitrogens with one attached hydrogen (secondary N) is 4. The molecule has 3 aromatic rings. The molecule has 4 amide bonds. The zero-order valence-electron chi connectivity index (χ0n) is 24.4. The lowest BCUT2D eigenvalue weighted by molar-refractivity contribution is 0.118. The Hall–Kier alpha value is -5.26. The van der Waals surface area contributed by atoms with E-state index in [4.69, 9.17) is 18.9 Å². The number of alkyl carbamates (subject to hydrolysis) is 4. The van der Waals surface area contributed by atoms with E-state index in [1.54, 1.807) is 0 Å². The first-order chi connectivity index (χ1) is 21.5. The number of carbonyl (C=O) groups excluding carboxylic acids is 4. The summed E-state index contributed by atoms with van der Waals surface area (Å²) in [7, 11) is 0. The third-order valence-electron chi connectivity index (χ3n) is 5.94. The maximum Gasteiger partial charge on any atom is 0.407 e. The van der Waals surface area contributed by atoms with E-state index in [-0.39, 0.29) is 39.5 Å². The number of amides is 4. The van der Waals surface area contributed by atoms with Crippen LogP contribution >= 0.6 is 0 Å². The lowest BCUT2D eigenvalue weighted by atomic mass is 10.1. The van der Waals surface area contributed by atoms with E-state index in [0.29, 0.717) is 25.9 Å². The molecule has 0 atom stereocenters. The summed E-state index contributed by atoms with van der Waals surface area (Å²) >= 11 is 0. The first-order valence-electron chi connectivity index (χ1n) is 14.3. The van der Waals surface area contributed by atoms with Crippen LogP contribution in [0.1, 0.15) is 35.1 Å². The summed E-state index contributed by atoms with van der Waals surface area (Å²) in [4.78, 5) is 47.4. The van der Waals surface area contributed by atoms with E-state index in [0.717, 1.165) is 22.3 Å². The van der Waals surface area contributed by atoms with Crippen molar-refractivity contribution in [3.8, 4) is 0 Å². The Morgan fingerprint density at radius 3 is 1.43 bits per heavy atom. The largest absolute Gasteiger partial charge is 0.449 e. The molecule has 234 valence electrons. The normalized spacial score (nSPS) is 10.2. The van der Waals surface area contributed by atoms with Crippen LogP contribution in [0.5, 0.6) is 0 Å². The van der Waals surface area contributed by atoms with Crippen molar-refractivity contribution in [1.82, 2.24) is 21.3 Å². The van der Waals surface area contributed by atoms with Gasteiger partial charge in [0.1, 0.15) is 6.61 Å². The molecule has 4 N–H and O–H groups in total. The molecule has 0 saturated heterocycles. The molecular weight excluding hydrogens is 568 g/mol. The van der Waals surface area contributed by atoms with Crippen LogP contribution in [0.3, 0.4) is 0 Å². The Bertz CT molecular complexity index is 1210. The van der Waals surface area contributed by atoms with Crippen LogP contribution in [-0.2, 0) is 45.2 Å². The van der Waals surface area contributed by atoms with Gasteiger partial charge in [0.05, 0.1) is 19.8 Å². The summed E-state index contributed by atoms with van der Waals surface area (Å²) in [5.74, 6) is 0. The van der Waals surface area contributed by atoms with Crippen LogP contribution in [0.15, 0.2) is 84.9 Å². The fraction of sp³-hybridized carbons (Fsp3) is 0.312. The third kappa shape index (κ3) is 14.6. The lowest BCUT2D eigenvalue weighted by Crippen LogP contribution is -2.28. The van der Waals surface area contributed by atoms with E-state index < -0.39 is 24.4 Å². The Morgan fingerprint density at radius 1 is 0.455 bits per heavy atom. The standard InChI is InChI=1S/C32H38N4O8/c37-29(44-24-26-12-5-2-6-13-26)33-16-8-17-41-31(39)35-22-27-14-7-15-28(20-27)23-36-32(40)43-19-9-18-42-30(38)34-21-25-10-3-1-4-11-25/h1-7,10-15,20H,8-9,16-19,21-24H2,(H,33,37)(H,34,38)(H,35,39)(H,36,40). The molecule has 0 aliphatic carbocycles. The second-order valence-electron chi connectivity index (χ2n) is 9.47. The van der Waals surface area contributed by atoms with E-state index in [1.165, 1.54) is 0 Å². The molecule has 0 aliphatic heterocycles. The van der Waals surface area contributed by atoms with Crippen molar-refractivity contribution in [2.24, 2.45) is 0 Å². The summed E-state index contributed by atoms with van der Waals surface area (Å²) in [6.45, 7) is 1.67. The summed E-state index contributed by atoms with van der Waals surface area (Å²) in [6, 6.07) is 26.1. The van der Waals surface area contributed by atoms with Crippen molar-refractivity contribution in [3.63, 3.8) is 0 Å². The molecule has 0 aliphatic rings. The zero-order valence-corrected chi connectivity index (χ0v) is 24.4. The highest BCUT2D eigenvalue weighted by Crippen LogP contribution is 2.06. The molecule has 0 bridgehead atoms. The van der Waals surface area contributed by atoms with Gasteiger partial charge in [-0.15, -0.1) is 0 Å². The highest BCUT2D eigenvalue weighted by Gasteiger charge is 2.07. The third-order valence-corrected chi connectivity index (χ3v) is 5.94. The summed E-state index contributed by atoms with van der Waals surface area (Å²) in [6.07, 6.45) is -1.45. The van der Waals surface area contributed by atoms with Gasteiger partial charge in [-0.1, -0.05) is 84.9 Å². The monoisotopic (exact) mass is 606 g/mol. The van der Waals surface area contributed by atoms with Crippen molar-refractivity contribution in [3.05, 3.63) is 107 Å². The van der Waals surface area contributed by atoms with Crippen molar-refractivity contribution in [1.29, 1.82) is 0 Å². The predicted molar refractivity (Wildman–Crippen MR) is 161 cm³/mol. The van der Waals surface area contributed by atoms with Gasteiger partial charge in [-0.25, -0.2) is 19.2 Å². The van der Waals surface area contributed by atoms with Gasteiger partial charge in [0.2, 0.25) is 0 Å². The average molecular weight is 607 g/mol. The number of hydrogen-bond donors (Lipinski definition) is 4. The van der Waals surface area contributed by atoms with E-state index in [2.05, 4.69) is 21.3 Å². The topological polar surface area (TPSA) is 153 Å². The Kier molecular flexibility index (Phi) is 15.0. The van der Waals surface area contributed by atoms with Crippen LogP contribution in [0.25, 0.3) is 0 Å². The van der Waals surface area contributed by atoms with Crippen LogP contribution in [0.4, 0.5) is 19.2 Å². The Balaban J connectivity index is 1.18. The number of hydrogen-bond acceptors (Lipinski definition) is 8. The molecule has 0 fully saturated rings. The van der Waals surface area contributed by atoms with Gasteiger partial charge in [-0.05, 0) is 28.7 Å². The summed E-state index contributed by atoms with van der Waals surface area (Å²) in [5, 5.41) is 10.6. The molecule has 0 spiro atoms. The molecular formula is C32H38N4O8. The number of rotatable bonds is 16. The van der Waals surface area contributed by atoms with Crippen molar-refractivity contribution in [2.45, 2.75) is 39.1 Å². The van der Waals surface area contributed by atoms with Gasteiger partial charge in [0.25, 0.3) is 0 Å². The number of ether oxygens (including phenoxy) is 4. The maximum atomic E-state index is 12.0. The molecule has 0 radical (unpaired) electrons. The van der Waals surface area contributed by atoms with Gasteiger partial charge >= 0.3 is 24.4 Å². The lowest BCUT2D eigenvalue weighted by Gasteiger charge is -2.10. The van der Waals surface area contributed by atoms with Crippen molar-refractivity contribution < 1.29 is 38.1 Å². The molecule has 0 heterocycles. The zero-order chi connectivity index (χ0) is 31.2. The minimum atomic E-state index is -0.593. The van der Waals surface area contributed by atoms with E-state index in [1.807, 2.05) is 84.9 Å². The molecule has 12 heteroatoms. The van der Waals surface area contributed by atoms with Crippen LogP contribution < -0.4 is 21.3 Å². The minimum absolute atomic E-state index is 0.0955. The molecule has 3 aromatic carbocycles. The van der Waals surface area contributed by atoms with Crippen molar-refractivity contribution >= 4 is 24.4 Å². The van der Waals surface area contributed by atoms with Crippen LogP contribution in [0, 0.1) is 0 Å². The van der Waals surface area contributed by atoms with Gasteiger partial charge in [0.15, 0.2) is 0 Å². The molecule has 44 heavy (non-hydrogen) atoms. The molecule has 12 nitrogen and oxygen atoms in total. The highest BCUT2D eigenvalue weighted by atomic mass is 16.6. The minimum Gasteiger partial charge on any atom is -0.449 e. The summed E-state index contributed by atoms with van der Waals surface area (Å²) in [5.41, 5.74) is 3.49. The van der Waals surface area contributed by atoms with Crippen LogP contribution in [-0.4, -0.2) is 50.7 Å². The molecule has 3 rings (SSSR count). The van der Waals surface area contributed by atoms with E-state index >= 15 is 0 Å². The summed E-state index contributed by atoms with van der Waals surface area (Å²) < 4.78 is 20.4. The smallest absolute Gasteiger partial charge is 0.407 e. The second kappa shape index (κ2) is 19.8. The van der Waals surface area contributed by atoms with Gasteiger partial charge in [0, 0.05) is 32.6 Å². The number of carbonyl (C=O) groups is 4. The predicted octanol–water partition coefficient (Wildman–Crippen LogP) is 4.77. The van der Waals surface area contributed by atoms with Crippen molar-refractivity contribution in [2.75, 3.05) is 26.4 Å². The van der Waals surface area contributed by atoms with Gasteiger partial charge in [-0.3, -0.25) is 0 Å². The van der Waals surface area contributed by atoms with Gasteiger partial charge in [-0.2, -0.15) is 0 Å². The first kappa shape index (κ1) is 33.2. The fourth-order valence-corrected chi connectivity index (χ4v) is 3.71. The van der Waals surface area contributed by atoms with Gasteiger partial charge < -0.3 is 40.2 Å². The number of benzene rings is 3. The second-order valence-corrected chi connectivity index (χ2v) is 9.47. The Morgan fingerprint density at radius 2 is 0.886 bits per heavy atom. The first-order valence-corrected chi connectivity index (χ1v) is 14.3. The fourth-order valence-electron chi connectivity index (χ4n) is 3.71. The molecule has 0 aromatic heterocycles.